The van der Waals surface area contributed by atoms with Crippen molar-refractivity contribution >= 4 is 10.2 Å². The maximum absolute atomic E-state index is 13.7. The number of piperidine rings is 1. The lowest BCUT2D eigenvalue weighted by atomic mass is 9.98. The van der Waals surface area contributed by atoms with Gasteiger partial charge in [0.1, 0.15) is 5.82 Å². The van der Waals surface area contributed by atoms with Crippen LogP contribution in [0.5, 0.6) is 0 Å². The Kier molecular flexibility index (Phi) is 6.33. The molecule has 0 bridgehead atoms. The Balaban J connectivity index is 1.56. The van der Waals surface area contributed by atoms with E-state index in [1.807, 2.05) is 6.07 Å². The fraction of sp³-hybridized carbons (Fsp3) is 0.684. The number of methoxy groups -OCH3 is 1. The molecule has 0 N–H and O–H groups in total. The van der Waals surface area contributed by atoms with E-state index in [0.717, 1.165) is 31.2 Å². The van der Waals surface area contributed by atoms with Crippen molar-refractivity contribution in [3.63, 3.8) is 0 Å². The van der Waals surface area contributed by atoms with E-state index < -0.39 is 10.2 Å². The van der Waals surface area contributed by atoms with Gasteiger partial charge < -0.3 is 4.74 Å². The van der Waals surface area contributed by atoms with Crippen molar-refractivity contribution in [2.24, 2.45) is 11.8 Å². The molecule has 5 nitrogen and oxygen atoms in total. The maximum atomic E-state index is 13.7. The molecule has 1 aromatic carbocycles. The van der Waals surface area contributed by atoms with Crippen LogP contribution in [-0.2, 0) is 21.4 Å². The van der Waals surface area contributed by atoms with Gasteiger partial charge in [0.2, 0.25) is 0 Å². The highest BCUT2D eigenvalue weighted by molar-refractivity contribution is 7.86. The molecule has 1 aromatic rings. The number of ether oxygens (including phenoxy) is 1. The van der Waals surface area contributed by atoms with Crippen LogP contribution in [0.15, 0.2) is 18.2 Å². The minimum absolute atomic E-state index is 0.191. The summed E-state index contributed by atoms with van der Waals surface area (Å²) in [5.41, 5.74) is 1.58. The average molecular weight is 385 g/mol. The lowest BCUT2D eigenvalue weighted by Gasteiger charge is -2.33. The zero-order valence-electron chi connectivity index (χ0n) is 15.7. The molecule has 2 aliphatic rings. The van der Waals surface area contributed by atoms with E-state index in [1.165, 1.54) is 0 Å². The van der Waals surface area contributed by atoms with Gasteiger partial charge in [0.05, 0.1) is 0 Å². The van der Waals surface area contributed by atoms with E-state index in [2.05, 4.69) is 0 Å². The van der Waals surface area contributed by atoms with E-state index in [0.29, 0.717) is 44.3 Å². The van der Waals surface area contributed by atoms with Crippen molar-refractivity contribution in [1.29, 1.82) is 0 Å². The quantitative estimate of drug-likeness (QED) is 0.758. The topological polar surface area (TPSA) is 49.9 Å². The van der Waals surface area contributed by atoms with Gasteiger partial charge in [-0.3, -0.25) is 0 Å². The number of hydrogen-bond donors (Lipinski definition) is 0. The van der Waals surface area contributed by atoms with Crippen LogP contribution in [0.1, 0.15) is 30.4 Å². The summed E-state index contributed by atoms with van der Waals surface area (Å²) >= 11 is 0. The van der Waals surface area contributed by atoms with E-state index in [4.69, 9.17) is 4.74 Å². The maximum Gasteiger partial charge on any atom is 0.281 e. The van der Waals surface area contributed by atoms with Crippen molar-refractivity contribution in [2.45, 2.75) is 32.6 Å². The summed E-state index contributed by atoms with van der Waals surface area (Å²) in [6.45, 7) is 4.67. The fourth-order valence-corrected chi connectivity index (χ4v) is 5.71. The van der Waals surface area contributed by atoms with Crippen LogP contribution in [0.4, 0.5) is 4.39 Å². The zero-order chi connectivity index (χ0) is 18.7. The minimum Gasteiger partial charge on any atom is -0.384 e. The fourth-order valence-electron chi connectivity index (χ4n) is 3.98. The molecule has 0 amide bonds. The third-order valence-electron chi connectivity index (χ3n) is 5.64. The SMILES string of the molecule is COCC1CCN(S(=O)(=O)N2CCC(Cc3ccc(C)c(F)c3)C2)CC1. The van der Waals surface area contributed by atoms with Crippen molar-refractivity contribution in [2.75, 3.05) is 39.9 Å². The molecular formula is C19H29FN2O3S. The molecule has 7 heteroatoms. The molecule has 0 radical (unpaired) electrons. The number of benzene rings is 1. The van der Waals surface area contributed by atoms with E-state index >= 15 is 0 Å². The molecule has 1 atom stereocenters. The second kappa shape index (κ2) is 8.33. The molecule has 0 aromatic heterocycles. The Morgan fingerprint density at radius 2 is 1.77 bits per heavy atom. The molecule has 0 saturated carbocycles. The molecule has 3 rings (SSSR count). The van der Waals surface area contributed by atoms with Crippen LogP contribution in [0.25, 0.3) is 0 Å². The predicted molar refractivity (Wildman–Crippen MR) is 99.6 cm³/mol. The summed E-state index contributed by atoms with van der Waals surface area (Å²) in [6, 6.07) is 5.31. The van der Waals surface area contributed by atoms with Crippen molar-refractivity contribution < 1.29 is 17.5 Å². The minimum atomic E-state index is -3.39. The molecular weight excluding hydrogens is 355 g/mol. The normalized spacial score (nSPS) is 23.6. The van der Waals surface area contributed by atoms with Gasteiger partial charge in [-0.05, 0) is 61.6 Å². The Hall–Kier alpha value is -1.02. The summed E-state index contributed by atoms with van der Waals surface area (Å²) in [6.07, 6.45) is 3.26. The Bertz CT molecular complexity index is 717. The monoisotopic (exact) mass is 384 g/mol. The van der Waals surface area contributed by atoms with Gasteiger partial charge in [-0.2, -0.15) is 17.0 Å². The molecule has 0 aliphatic carbocycles. The summed E-state index contributed by atoms with van der Waals surface area (Å²) in [7, 11) is -1.70. The zero-order valence-corrected chi connectivity index (χ0v) is 16.5. The number of hydrogen-bond acceptors (Lipinski definition) is 3. The van der Waals surface area contributed by atoms with Gasteiger partial charge in [-0.15, -0.1) is 0 Å². The van der Waals surface area contributed by atoms with Crippen molar-refractivity contribution in [3.05, 3.63) is 35.1 Å². The van der Waals surface area contributed by atoms with Crippen LogP contribution < -0.4 is 0 Å². The smallest absolute Gasteiger partial charge is 0.281 e. The highest BCUT2D eigenvalue weighted by atomic mass is 32.2. The average Bonchev–Trinajstić information content (AvgIpc) is 3.08. The highest BCUT2D eigenvalue weighted by Crippen LogP contribution is 2.28. The van der Waals surface area contributed by atoms with Gasteiger partial charge in [0.25, 0.3) is 10.2 Å². The molecule has 0 spiro atoms. The number of nitrogens with zero attached hydrogens (tertiary/aromatic N) is 2. The van der Waals surface area contributed by atoms with Gasteiger partial charge in [-0.1, -0.05) is 12.1 Å². The molecule has 2 aliphatic heterocycles. The summed E-state index contributed by atoms with van der Waals surface area (Å²) < 4.78 is 48.0. The second-order valence-electron chi connectivity index (χ2n) is 7.61. The number of aryl methyl sites for hydroxylation is 1. The summed E-state index contributed by atoms with van der Waals surface area (Å²) in [5, 5.41) is 0. The van der Waals surface area contributed by atoms with E-state index in [-0.39, 0.29) is 11.7 Å². The molecule has 2 fully saturated rings. The summed E-state index contributed by atoms with van der Waals surface area (Å²) in [5.74, 6) is 0.510. The lowest BCUT2D eigenvalue weighted by Crippen LogP contribution is -2.46. The predicted octanol–water partition coefficient (Wildman–Crippen LogP) is 2.60. The van der Waals surface area contributed by atoms with Crippen LogP contribution >= 0.6 is 0 Å². The second-order valence-corrected chi connectivity index (χ2v) is 9.53. The van der Waals surface area contributed by atoms with Gasteiger partial charge >= 0.3 is 0 Å². The van der Waals surface area contributed by atoms with Gasteiger partial charge in [-0.25, -0.2) is 4.39 Å². The Morgan fingerprint density at radius 1 is 1.12 bits per heavy atom. The van der Waals surface area contributed by atoms with Crippen LogP contribution in [-0.4, -0.2) is 56.9 Å². The summed E-state index contributed by atoms with van der Waals surface area (Å²) in [4.78, 5) is 0. The molecule has 2 heterocycles. The third-order valence-corrected chi connectivity index (χ3v) is 7.64. The van der Waals surface area contributed by atoms with Crippen LogP contribution in [0.3, 0.4) is 0 Å². The Labute approximate surface area is 156 Å². The van der Waals surface area contributed by atoms with Gasteiger partial charge in [0.15, 0.2) is 0 Å². The van der Waals surface area contributed by atoms with Crippen molar-refractivity contribution in [3.8, 4) is 0 Å². The van der Waals surface area contributed by atoms with Gasteiger partial charge in [0, 0.05) is 39.9 Å². The Morgan fingerprint density at radius 3 is 2.42 bits per heavy atom. The first-order valence-electron chi connectivity index (χ1n) is 9.39. The first-order chi connectivity index (χ1) is 12.4. The van der Waals surface area contributed by atoms with E-state index in [1.54, 1.807) is 34.8 Å². The number of halogens is 1. The molecule has 26 heavy (non-hydrogen) atoms. The largest absolute Gasteiger partial charge is 0.384 e. The number of rotatable bonds is 6. The first-order valence-corrected chi connectivity index (χ1v) is 10.8. The molecule has 1 unspecified atom stereocenters. The molecule has 146 valence electrons. The highest BCUT2D eigenvalue weighted by Gasteiger charge is 2.37. The molecule has 2 saturated heterocycles. The van der Waals surface area contributed by atoms with Crippen molar-refractivity contribution in [1.82, 2.24) is 8.61 Å². The van der Waals surface area contributed by atoms with Crippen LogP contribution in [0, 0.1) is 24.6 Å². The standard InChI is InChI=1S/C19H29FN2O3S/c1-15-3-4-17(12-19(15)20)11-18-7-10-22(13-18)26(23,24)21-8-5-16(6-9-21)14-25-2/h3-4,12,16,18H,5-11,13-14H2,1-2H3. The third kappa shape index (κ3) is 4.44. The first kappa shape index (κ1) is 19.7. The van der Waals surface area contributed by atoms with Crippen LogP contribution in [0.2, 0.25) is 0 Å². The van der Waals surface area contributed by atoms with E-state index in [9.17, 15) is 12.8 Å². The lowest BCUT2D eigenvalue weighted by molar-refractivity contribution is 0.120.